The molecule has 0 aliphatic carbocycles. The van der Waals surface area contributed by atoms with E-state index in [1.54, 1.807) is 17.1 Å². The highest BCUT2D eigenvalue weighted by molar-refractivity contribution is 6.03. The Labute approximate surface area is 213 Å². The molecule has 1 atom stereocenters. The molecular weight excluding hydrogens is 449 g/mol. The number of rotatable bonds is 6. The van der Waals surface area contributed by atoms with Gasteiger partial charge in [0.15, 0.2) is 0 Å². The second-order valence-corrected chi connectivity index (χ2v) is 10.3. The van der Waals surface area contributed by atoms with E-state index in [4.69, 9.17) is 5.10 Å². The van der Waals surface area contributed by atoms with Crippen LogP contribution in [0.3, 0.4) is 0 Å². The number of carbonyl (C=O) groups excluding carboxylic acids is 1. The molecule has 0 saturated carbocycles. The van der Waals surface area contributed by atoms with Crippen molar-refractivity contribution in [2.75, 3.05) is 19.6 Å². The molecule has 0 aromatic heterocycles. The number of amides is 1. The van der Waals surface area contributed by atoms with Crippen molar-refractivity contribution in [2.24, 2.45) is 11.0 Å². The second kappa shape index (κ2) is 10.8. The number of piperidine rings is 1. The minimum Gasteiger partial charge on any atom is -0.294 e. The Hall–Kier alpha value is -3.31. The normalized spacial score (nSPS) is 18.9. The summed E-state index contributed by atoms with van der Waals surface area (Å²) in [7, 11) is 0. The van der Waals surface area contributed by atoms with Gasteiger partial charge in [-0.25, -0.2) is 9.40 Å². The van der Waals surface area contributed by atoms with Crippen LogP contribution in [0.15, 0.2) is 77.9 Å². The minimum atomic E-state index is -0.271. The second-order valence-electron chi connectivity index (χ2n) is 10.3. The highest BCUT2D eigenvalue weighted by atomic mass is 19.1. The summed E-state index contributed by atoms with van der Waals surface area (Å²) in [5.41, 5.74) is 6.54. The number of aryl methyl sites for hydroxylation is 2. The Morgan fingerprint density at radius 3 is 2.42 bits per heavy atom. The fourth-order valence-electron chi connectivity index (χ4n) is 5.48. The van der Waals surface area contributed by atoms with Crippen LogP contribution in [0.5, 0.6) is 0 Å². The number of nitrogens with zero attached hydrogens (tertiary/aromatic N) is 3. The van der Waals surface area contributed by atoms with Crippen LogP contribution in [-0.2, 0) is 11.2 Å². The lowest BCUT2D eigenvalue weighted by Crippen LogP contribution is -2.42. The van der Waals surface area contributed by atoms with Crippen LogP contribution in [0.1, 0.15) is 53.1 Å². The molecular formula is C31H34FN3O. The van der Waals surface area contributed by atoms with Crippen molar-refractivity contribution in [1.29, 1.82) is 0 Å². The van der Waals surface area contributed by atoms with Gasteiger partial charge in [0.25, 0.3) is 5.91 Å². The first kappa shape index (κ1) is 24.4. The third-order valence-corrected chi connectivity index (χ3v) is 7.57. The van der Waals surface area contributed by atoms with E-state index < -0.39 is 0 Å². The number of carbonyl (C=O) groups is 1. The lowest BCUT2D eigenvalue weighted by Gasteiger charge is -2.33. The average molecular weight is 484 g/mol. The van der Waals surface area contributed by atoms with Gasteiger partial charge in [0.05, 0.1) is 18.3 Å². The van der Waals surface area contributed by atoms with Crippen molar-refractivity contribution >= 4 is 11.6 Å². The van der Waals surface area contributed by atoms with Crippen LogP contribution < -0.4 is 0 Å². The molecule has 1 amide bonds. The molecule has 5 heteroatoms. The molecule has 5 rings (SSSR count). The van der Waals surface area contributed by atoms with E-state index in [-0.39, 0.29) is 17.8 Å². The van der Waals surface area contributed by atoms with Gasteiger partial charge in [-0.1, -0.05) is 66.2 Å². The first-order valence-corrected chi connectivity index (χ1v) is 12.9. The zero-order valence-corrected chi connectivity index (χ0v) is 21.2. The molecule has 2 heterocycles. The molecule has 4 nitrogen and oxygen atoms in total. The molecule has 0 bridgehead atoms. The van der Waals surface area contributed by atoms with Gasteiger partial charge in [0.2, 0.25) is 0 Å². The Kier molecular flexibility index (Phi) is 7.28. The molecule has 1 fully saturated rings. The van der Waals surface area contributed by atoms with Crippen LogP contribution >= 0.6 is 0 Å². The zero-order valence-electron chi connectivity index (χ0n) is 21.2. The standard InChI is InChI=1S/C31H34FN3O/c1-22-8-9-23(2)28(18-22)30-20-29(26-10-12-27(32)13-11-26)33-35(30)31(36)21-34-16-14-25(15-17-34)19-24-6-4-3-5-7-24/h3-13,18,25,30H,14-17,19-21H2,1-2H3/t30-/m0/s1. The predicted molar refractivity (Wildman–Crippen MR) is 142 cm³/mol. The van der Waals surface area contributed by atoms with Crippen LogP contribution in [-0.4, -0.2) is 41.2 Å². The van der Waals surface area contributed by atoms with Crippen LogP contribution in [0, 0.1) is 25.6 Å². The maximum atomic E-state index is 13.6. The van der Waals surface area contributed by atoms with E-state index in [1.807, 2.05) is 0 Å². The van der Waals surface area contributed by atoms with E-state index in [9.17, 15) is 9.18 Å². The Bertz CT molecular complexity index is 1230. The average Bonchev–Trinajstić information content (AvgIpc) is 3.33. The van der Waals surface area contributed by atoms with Gasteiger partial charge in [-0.2, -0.15) is 5.10 Å². The van der Waals surface area contributed by atoms with Crippen LogP contribution in [0.4, 0.5) is 4.39 Å². The summed E-state index contributed by atoms with van der Waals surface area (Å²) >= 11 is 0. The topological polar surface area (TPSA) is 35.9 Å². The van der Waals surface area contributed by atoms with Gasteiger partial charge in [-0.15, -0.1) is 0 Å². The van der Waals surface area contributed by atoms with Crippen molar-refractivity contribution in [3.8, 4) is 0 Å². The molecule has 0 radical (unpaired) electrons. The fraction of sp³-hybridized carbons (Fsp3) is 0.355. The maximum Gasteiger partial charge on any atom is 0.257 e. The highest BCUT2D eigenvalue weighted by Crippen LogP contribution is 2.35. The first-order valence-electron chi connectivity index (χ1n) is 12.9. The molecule has 2 aliphatic heterocycles. The third-order valence-electron chi connectivity index (χ3n) is 7.57. The third kappa shape index (κ3) is 5.57. The molecule has 2 aliphatic rings. The molecule has 3 aromatic carbocycles. The van der Waals surface area contributed by atoms with Gasteiger partial charge < -0.3 is 0 Å². The van der Waals surface area contributed by atoms with Gasteiger partial charge >= 0.3 is 0 Å². The number of halogens is 1. The van der Waals surface area contributed by atoms with Gasteiger partial charge in [-0.3, -0.25) is 9.69 Å². The largest absolute Gasteiger partial charge is 0.294 e. The molecule has 0 spiro atoms. The summed E-state index contributed by atoms with van der Waals surface area (Å²) in [5, 5.41) is 6.50. The minimum absolute atomic E-state index is 0.0273. The summed E-state index contributed by atoms with van der Waals surface area (Å²) in [5.74, 6) is 0.419. The molecule has 0 unspecified atom stereocenters. The molecule has 36 heavy (non-hydrogen) atoms. The number of hydrogen-bond donors (Lipinski definition) is 0. The van der Waals surface area contributed by atoms with Crippen molar-refractivity contribution < 1.29 is 9.18 Å². The maximum absolute atomic E-state index is 13.6. The monoisotopic (exact) mass is 483 g/mol. The lowest BCUT2D eigenvalue weighted by atomic mass is 9.90. The first-order chi connectivity index (χ1) is 17.5. The van der Waals surface area contributed by atoms with Crippen molar-refractivity contribution in [3.05, 3.63) is 106 Å². The van der Waals surface area contributed by atoms with E-state index in [1.165, 1.54) is 23.3 Å². The Balaban J connectivity index is 1.29. The van der Waals surface area contributed by atoms with Crippen LogP contribution in [0.25, 0.3) is 0 Å². The highest BCUT2D eigenvalue weighted by Gasteiger charge is 2.35. The fourth-order valence-corrected chi connectivity index (χ4v) is 5.48. The van der Waals surface area contributed by atoms with Gasteiger partial charge in [0, 0.05) is 6.42 Å². The van der Waals surface area contributed by atoms with E-state index in [0.29, 0.717) is 18.9 Å². The van der Waals surface area contributed by atoms with Crippen molar-refractivity contribution in [1.82, 2.24) is 9.91 Å². The Morgan fingerprint density at radius 2 is 1.69 bits per heavy atom. The molecule has 186 valence electrons. The van der Waals surface area contributed by atoms with Gasteiger partial charge in [0.1, 0.15) is 5.82 Å². The van der Waals surface area contributed by atoms with Crippen LogP contribution in [0.2, 0.25) is 0 Å². The molecule has 1 saturated heterocycles. The molecule has 3 aromatic rings. The predicted octanol–water partition coefficient (Wildman–Crippen LogP) is 6.07. The Morgan fingerprint density at radius 1 is 0.972 bits per heavy atom. The molecule has 0 N–H and O–H groups in total. The van der Waals surface area contributed by atoms with E-state index in [0.717, 1.165) is 54.8 Å². The number of hydrogen-bond acceptors (Lipinski definition) is 3. The summed E-state index contributed by atoms with van der Waals surface area (Å²) < 4.78 is 13.5. The summed E-state index contributed by atoms with van der Waals surface area (Å²) in [4.78, 5) is 15.9. The zero-order chi connectivity index (χ0) is 25.1. The number of likely N-dealkylation sites (tertiary alicyclic amines) is 1. The lowest BCUT2D eigenvalue weighted by molar-refractivity contribution is -0.134. The quantitative estimate of drug-likeness (QED) is 0.426. The SMILES string of the molecule is Cc1ccc(C)c([C@@H]2CC(c3ccc(F)cc3)=NN2C(=O)CN2CCC(Cc3ccccc3)CC2)c1. The van der Waals surface area contributed by atoms with Crippen molar-refractivity contribution in [3.63, 3.8) is 0 Å². The summed E-state index contributed by atoms with van der Waals surface area (Å²) in [6, 6.07) is 23.3. The van der Waals surface area contributed by atoms with E-state index >= 15 is 0 Å². The summed E-state index contributed by atoms with van der Waals surface area (Å²) in [6.07, 6.45) is 3.94. The smallest absolute Gasteiger partial charge is 0.257 e. The summed E-state index contributed by atoms with van der Waals surface area (Å²) in [6.45, 7) is 6.40. The van der Waals surface area contributed by atoms with Crippen molar-refractivity contribution in [2.45, 2.75) is 45.6 Å². The van der Waals surface area contributed by atoms with Gasteiger partial charge in [-0.05, 0) is 86.5 Å². The van der Waals surface area contributed by atoms with E-state index in [2.05, 4.69) is 67.3 Å². The number of benzene rings is 3. The number of hydrazone groups is 1.